The maximum atomic E-state index is 11.0. The van der Waals surface area contributed by atoms with Gasteiger partial charge in [-0.3, -0.25) is 9.59 Å². The Morgan fingerprint density at radius 3 is 2.17 bits per heavy atom. The Bertz CT molecular complexity index is 581. The van der Waals surface area contributed by atoms with Crippen LogP contribution in [0.25, 0.3) is 11.1 Å². The van der Waals surface area contributed by atoms with Gasteiger partial charge in [-0.1, -0.05) is 12.1 Å². The third kappa shape index (κ3) is 7.78. The summed E-state index contributed by atoms with van der Waals surface area (Å²) in [6, 6.07) is 6.93. The predicted molar refractivity (Wildman–Crippen MR) is 93.0 cm³/mol. The van der Waals surface area contributed by atoms with Crippen LogP contribution in [-0.2, 0) is 9.59 Å². The summed E-state index contributed by atoms with van der Waals surface area (Å²) in [6.45, 7) is 0. The molecule has 128 valence electrons. The molecule has 2 rings (SSSR count). The molecule has 0 radical (unpaired) electrons. The van der Waals surface area contributed by atoms with E-state index in [0.29, 0.717) is 11.1 Å². The maximum absolute atomic E-state index is 11.0. The molecule has 23 heavy (non-hydrogen) atoms. The third-order valence-electron chi connectivity index (χ3n) is 2.29. The molecule has 0 aliphatic carbocycles. The van der Waals surface area contributed by atoms with E-state index in [-0.39, 0.29) is 12.3 Å². The normalized spacial score (nSPS) is 10.8. The molecule has 3 N–H and O–H groups in total. The van der Waals surface area contributed by atoms with E-state index in [4.69, 9.17) is 9.52 Å². The second kappa shape index (κ2) is 11.6. The average Bonchev–Trinajstić information content (AvgIpc) is 2.89. The van der Waals surface area contributed by atoms with Crippen molar-refractivity contribution in [1.29, 1.82) is 0 Å². The highest BCUT2D eigenvalue weighted by atomic mass is 32.1. The molecule has 0 spiro atoms. The number of carboxylic acids is 1. The molecule has 1 atom stereocenters. The number of fused-ring (bicyclic) bond motifs is 1. The highest BCUT2D eigenvalue weighted by Crippen LogP contribution is 2.24. The summed E-state index contributed by atoms with van der Waals surface area (Å²) >= 11 is 3.57. The van der Waals surface area contributed by atoms with E-state index in [9.17, 15) is 9.59 Å². The Hall–Kier alpha value is -1.90. The van der Waals surface area contributed by atoms with E-state index in [1.807, 2.05) is 28.2 Å². The number of carbonyl (C=O) groups is 2. The first kappa shape index (κ1) is 21.1. The summed E-state index contributed by atoms with van der Waals surface area (Å²) < 4.78 is 5.31. The van der Waals surface area contributed by atoms with Crippen LogP contribution in [0.3, 0.4) is 0 Å². The van der Waals surface area contributed by atoms with Gasteiger partial charge in [0.15, 0.2) is 10.7 Å². The largest absolute Gasteiger partial charge is 0.481 e. The monoisotopic (exact) mass is 341 g/mol. The van der Waals surface area contributed by atoms with Gasteiger partial charge in [-0.2, -0.15) is 0 Å². The Labute approximate surface area is 140 Å². The van der Waals surface area contributed by atoms with Crippen molar-refractivity contribution in [3.05, 3.63) is 30.2 Å². The van der Waals surface area contributed by atoms with Gasteiger partial charge in [-0.15, -0.1) is 12.6 Å². The number of oxazole rings is 1. The van der Waals surface area contributed by atoms with Crippen LogP contribution in [0, 0.1) is 0 Å². The zero-order chi connectivity index (χ0) is 17.8. The van der Waals surface area contributed by atoms with Crippen molar-refractivity contribution in [2.24, 2.45) is 0 Å². The van der Waals surface area contributed by atoms with Crippen molar-refractivity contribution in [3.63, 3.8) is 0 Å². The van der Waals surface area contributed by atoms with Crippen LogP contribution in [-0.4, -0.2) is 49.4 Å². The number of aromatic nitrogens is 1. The van der Waals surface area contributed by atoms with Gasteiger partial charge in [-0.05, 0) is 40.3 Å². The van der Waals surface area contributed by atoms with Crippen LogP contribution in [0.15, 0.2) is 28.7 Å². The Kier molecular flexibility index (Phi) is 10.7. The van der Waals surface area contributed by atoms with E-state index in [1.165, 1.54) is 0 Å². The molecule has 0 aliphatic rings. The lowest BCUT2D eigenvalue weighted by Gasteiger charge is -2.04. The van der Waals surface area contributed by atoms with E-state index >= 15 is 0 Å². The topological polar surface area (TPSA) is 104 Å². The minimum atomic E-state index is -1.15. The smallest absolute Gasteiger partial charge is 0.316 e. The number of benzene rings is 1. The van der Waals surface area contributed by atoms with Gasteiger partial charge in [0.25, 0.3) is 0 Å². The molecule has 1 aromatic carbocycles. The number of nitrogens with zero attached hydrogens (tertiary/aromatic N) is 1. The Morgan fingerprint density at radius 2 is 1.74 bits per heavy atom. The van der Waals surface area contributed by atoms with Crippen molar-refractivity contribution in [1.82, 2.24) is 15.6 Å². The van der Waals surface area contributed by atoms with Gasteiger partial charge >= 0.3 is 5.97 Å². The Balaban J connectivity index is 0.000000704. The van der Waals surface area contributed by atoms with Crippen molar-refractivity contribution in [2.75, 3.05) is 28.2 Å². The number of aliphatic carboxylic acids is 1. The van der Waals surface area contributed by atoms with Crippen molar-refractivity contribution < 1.29 is 19.1 Å². The molecule has 0 bridgehead atoms. The SMILES string of the molecule is CNC.CNC.O=C(S)CC(C(=O)O)c1nc2ccccc2o1. The zero-order valence-corrected chi connectivity index (χ0v) is 14.6. The molecule has 1 unspecified atom stereocenters. The van der Waals surface area contributed by atoms with Gasteiger partial charge in [0.2, 0.25) is 5.89 Å². The number of hydrogen-bond acceptors (Lipinski definition) is 6. The van der Waals surface area contributed by atoms with E-state index in [0.717, 1.165) is 0 Å². The maximum Gasteiger partial charge on any atom is 0.316 e. The second-order valence-corrected chi connectivity index (χ2v) is 5.01. The molecule has 1 heterocycles. The van der Waals surface area contributed by atoms with Crippen LogP contribution in [0.1, 0.15) is 18.2 Å². The van der Waals surface area contributed by atoms with Crippen LogP contribution in [0.4, 0.5) is 0 Å². The van der Waals surface area contributed by atoms with E-state index in [2.05, 4.69) is 28.2 Å². The minimum Gasteiger partial charge on any atom is -0.481 e. The average molecular weight is 341 g/mol. The molecule has 0 aliphatic heterocycles. The summed E-state index contributed by atoms with van der Waals surface area (Å²) in [5, 5.41) is 14.0. The van der Waals surface area contributed by atoms with Gasteiger partial charge < -0.3 is 20.2 Å². The molecule has 0 fully saturated rings. The summed E-state index contributed by atoms with van der Waals surface area (Å²) in [7, 11) is 7.50. The van der Waals surface area contributed by atoms with Gasteiger partial charge in [0.1, 0.15) is 11.4 Å². The van der Waals surface area contributed by atoms with Gasteiger partial charge in [0.05, 0.1) is 0 Å². The standard InChI is InChI=1S/C11H9NO4S.2C2H7N/c13-9(17)5-6(11(14)15)10-12-7-3-1-2-4-8(7)16-10;2*1-3-2/h1-4,6H,5H2,(H,13,17)(H,14,15);2*3H,1-2H3. The van der Waals surface area contributed by atoms with Gasteiger partial charge in [0, 0.05) is 6.42 Å². The molecular weight excluding hydrogens is 318 g/mol. The lowest BCUT2D eigenvalue weighted by Crippen LogP contribution is -2.14. The van der Waals surface area contributed by atoms with Crippen molar-refractivity contribution >= 4 is 34.8 Å². The lowest BCUT2D eigenvalue weighted by molar-refractivity contribution is -0.140. The molecular formula is C15H23N3O4S. The quantitative estimate of drug-likeness (QED) is 0.625. The molecule has 0 amide bonds. The van der Waals surface area contributed by atoms with E-state index < -0.39 is 17.0 Å². The van der Waals surface area contributed by atoms with Crippen LogP contribution >= 0.6 is 12.6 Å². The zero-order valence-electron chi connectivity index (χ0n) is 13.7. The van der Waals surface area contributed by atoms with E-state index in [1.54, 1.807) is 24.3 Å². The molecule has 2 aromatic rings. The number of carboxylic acid groups (broad SMARTS) is 1. The first-order chi connectivity index (χ1) is 10.9. The van der Waals surface area contributed by atoms with Gasteiger partial charge in [-0.25, -0.2) is 4.98 Å². The fourth-order valence-electron chi connectivity index (χ4n) is 1.49. The second-order valence-electron chi connectivity index (χ2n) is 4.51. The fourth-order valence-corrected chi connectivity index (χ4v) is 1.68. The molecule has 8 heteroatoms. The summed E-state index contributed by atoms with van der Waals surface area (Å²) in [6.07, 6.45) is -0.245. The third-order valence-corrected chi connectivity index (χ3v) is 2.47. The number of hydrogen-bond donors (Lipinski definition) is 4. The number of rotatable bonds is 4. The summed E-state index contributed by atoms with van der Waals surface area (Å²) in [5.41, 5.74) is 1.07. The first-order valence-electron chi connectivity index (χ1n) is 6.88. The summed E-state index contributed by atoms with van der Waals surface area (Å²) in [5.74, 6) is -2.22. The van der Waals surface area contributed by atoms with Crippen LogP contribution in [0.2, 0.25) is 0 Å². The number of thiol groups is 1. The number of nitrogens with one attached hydrogen (secondary N) is 2. The minimum absolute atomic E-state index is 0.0288. The Morgan fingerprint density at radius 1 is 1.22 bits per heavy atom. The molecule has 0 saturated heterocycles. The number of para-hydroxylation sites is 2. The molecule has 1 aromatic heterocycles. The highest BCUT2D eigenvalue weighted by Gasteiger charge is 2.27. The lowest BCUT2D eigenvalue weighted by atomic mass is 10.1. The molecule has 0 saturated carbocycles. The predicted octanol–water partition coefficient (Wildman–Crippen LogP) is 1.51. The highest BCUT2D eigenvalue weighted by molar-refractivity contribution is 7.96. The first-order valence-corrected chi connectivity index (χ1v) is 7.32. The fraction of sp³-hybridized carbons (Fsp3) is 0.400. The van der Waals surface area contributed by atoms with Crippen LogP contribution < -0.4 is 10.6 Å². The summed E-state index contributed by atoms with van der Waals surface area (Å²) in [4.78, 5) is 26.0. The van der Waals surface area contributed by atoms with Crippen molar-refractivity contribution in [2.45, 2.75) is 12.3 Å². The van der Waals surface area contributed by atoms with Crippen LogP contribution in [0.5, 0.6) is 0 Å². The van der Waals surface area contributed by atoms with Crippen molar-refractivity contribution in [3.8, 4) is 0 Å². The molecule has 7 nitrogen and oxygen atoms in total. The number of carbonyl (C=O) groups excluding carboxylic acids is 1.